The molecule has 1 heterocycles. The number of unbranched alkanes of at least 4 members (excludes halogenated alkanes) is 2. The summed E-state index contributed by atoms with van der Waals surface area (Å²) in [5.74, 6) is 0.165. The molecule has 2 N–H and O–H groups in total. The number of amides is 2. The van der Waals surface area contributed by atoms with Crippen molar-refractivity contribution in [1.29, 1.82) is 0 Å². The predicted octanol–water partition coefficient (Wildman–Crippen LogP) is 1.63. The lowest BCUT2D eigenvalue weighted by molar-refractivity contribution is -0.118. The number of carbonyl (C=O) groups excluding carboxylic acids is 2. The number of hydrogen-bond acceptors (Lipinski definition) is 4. The van der Waals surface area contributed by atoms with Crippen molar-refractivity contribution >= 4 is 30.1 Å². The third-order valence-corrected chi connectivity index (χ3v) is 2.80. The smallest absolute Gasteiger partial charge is 0.229 e. The van der Waals surface area contributed by atoms with Gasteiger partial charge in [0.2, 0.25) is 11.8 Å². The average molecular weight is 281 g/mol. The van der Waals surface area contributed by atoms with Crippen LogP contribution in [0.15, 0.2) is 24.5 Å². The van der Waals surface area contributed by atoms with Crippen molar-refractivity contribution in [1.82, 2.24) is 10.3 Å². The number of carbonyl (C=O) groups is 2. The van der Waals surface area contributed by atoms with Crippen molar-refractivity contribution in [2.24, 2.45) is 0 Å². The molecular formula is C13H19N3O2S. The van der Waals surface area contributed by atoms with E-state index in [4.69, 9.17) is 0 Å². The highest BCUT2D eigenvalue weighted by atomic mass is 32.1. The van der Waals surface area contributed by atoms with E-state index in [0.717, 1.165) is 24.9 Å². The number of rotatable bonds is 8. The van der Waals surface area contributed by atoms with Gasteiger partial charge >= 0.3 is 0 Å². The van der Waals surface area contributed by atoms with Gasteiger partial charge in [0.15, 0.2) is 0 Å². The van der Waals surface area contributed by atoms with Crippen LogP contribution in [-0.4, -0.2) is 29.1 Å². The van der Waals surface area contributed by atoms with Crippen LogP contribution in [0, 0.1) is 0 Å². The molecule has 0 saturated carbocycles. The first-order valence-electron chi connectivity index (χ1n) is 6.30. The van der Waals surface area contributed by atoms with E-state index in [0.29, 0.717) is 13.0 Å². The minimum absolute atomic E-state index is 0.00518. The fourth-order valence-electron chi connectivity index (χ4n) is 1.53. The minimum Gasteiger partial charge on any atom is -0.355 e. The Labute approximate surface area is 118 Å². The van der Waals surface area contributed by atoms with E-state index in [2.05, 4.69) is 28.2 Å². The van der Waals surface area contributed by atoms with Crippen molar-refractivity contribution < 1.29 is 9.59 Å². The number of aromatic nitrogens is 1. The maximum atomic E-state index is 11.6. The van der Waals surface area contributed by atoms with Gasteiger partial charge in [-0.1, -0.05) is 6.42 Å². The highest BCUT2D eigenvalue weighted by Crippen LogP contribution is 2.06. The Morgan fingerprint density at radius 3 is 2.53 bits per heavy atom. The molecule has 0 aromatic carbocycles. The normalized spacial score (nSPS) is 9.95. The summed E-state index contributed by atoms with van der Waals surface area (Å²) >= 11 is 3.86. The van der Waals surface area contributed by atoms with Gasteiger partial charge in [-0.3, -0.25) is 14.6 Å². The second-order valence-corrected chi connectivity index (χ2v) is 4.42. The molecule has 104 valence electrons. The summed E-state index contributed by atoms with van der Waals surface area (Å²) in [6.45, 7) is 0.644. The molecule has 0 spiro atoms. The van der Waals surface area contributed by atoms with Gasteiger partial charge in [-0.15, -0.1) is 0 Å². The molecule has 0 aliphatic heterocycles. The zero-order valence-corrected chi connectivity index (χ0v) is 11.7. The van der Waals surface area contributed by atoms with Crippen LogP contribution in [0.2, 0.25) is 0 Å². The standard InChI is InChI=1S/C13H19N3O2S/c17-12(16-11-5-8-14-9-6-11)4-2-1-3-7-15-13(18)10-19/h5-6,8-9,19H,1-4,7,10H2,(H,15,18)(H,14,16,17). The van der Waals surface area contributed by atoms with E-state index in [9.17, 15) is 9.59 Å². The number of anilines is 1. The van der Waals surface area contributed by atoms with E-state index < -0.39 is 0 Å². The first-order valence-corrected chi connectivity index (χ1v) is 6.93. The van der Waals surface area contributed by atoms with Crippen LogP contribution in [-0.2, 0) is 9.59 Å². The number of thiol groups is 1. The third-order valence-electron chi connectivity index (χ3n) is 2.51. The Balaban J connectivity index is 2.03. The topological polar surface area (TPSA) is 71.1 Å². The van der Waals surface area contributed by atoms with Crippen molar-refractivity contribution in [2.75, 3.05) is 17.6 Å². The molecule has 1 rings (SSSR count). The summed E-state index contributed by atoms with van der Waals surface area (Å²) in [5.41, 5.74) is 0.765. The molecule has 5 nitrogen and oxygen atoms in total. The number of nitrogens with zero attached hydrogens (tertiary/aromatic N) is 1. The maximum absolute atomic E-state index is 11.6. The Kier molecular flexibility index (Phi) is 7.65. The summed E-state index contributed by atoms with van der Waals surface area (Å²) in [5, 5.41) is 5.54. The zero-order valence-electron chi connectivity index (χ0n) is 10.8. The van der Waals surface area contributed by atoms with Gasteiger partial charge in [0, 0.05) is 31.0 Å². The maximum Gasteiger partial charge on any atom is 0.229 e. The van der Waals surface area contributed by atoms with Crippen LogP contribution in [0.5, 0.6) is 0 Å². The fraction of sp³-hybridized carbons (Fsp3) is 0.462. The Morgan fingerprint density at radius 2 is 1.84 bits per heavy atom. The Morgan fingerprint density at radius 1 is 1.11 bits per heavy atom. The van der Waals surface area contributed by atoms with Crippen molar-refractivity contribution in [3.05, 3.63) is 24.5 Å². The molecule has 0 unspecified atom stereocenters. The first-order chi connectivity index (χ1) is 9.22. The average Bonchev–Trinajstić information content (AvgIpc) is 2.43. The molecule has 0 atom stereocenters. The monoisotopic (exact) mass is 281 g/mol. The molecular weight excluding hydrogens is 262 g/mol. The number of nitrogens with one attached hydrogen (secondary N) is 2. The molecule has 1 aromatic rings. The summed E-state index contributed by atoms with van der Waals surface area (Å²) in [4.78, 5) is 26.4. The summed E-state index contributed by atoms with van der Waals surface area (Å²) in [6.07, 6.45) is 6.37. The second kappa shape index (κ2) is 9.38. The number of pyridine rings is 1. The minimum atomic E-state index is -0.0567. The molecule has 2 amide bonds. The lowest BCUT2D eigenvalue weighted by atomic mass is 10.2. The summed E-state index contributed by atoms with van der Waals surface area (Å²) < 4.78 is 0. The van der Waals surface area contributed by atoms with Crippen LogP contribution in [0.4, 0.5) is 5.69 Å². The van der Waals surface area contributed by atoms with Gasteiger partial charge < -0.3 is 10.6 Å². The van der Waals surface area contributed by atoms with Crippen LogP contribution < -0.4 is 10.6 Å². The molecule has 1 aromatic heterocycles. The van der Waals surface area contributed by atoms with Gasteiger partial charge in [-0.05, 0) is 25.0 Å². The largest absolute Gasteiger partial charge is 0.355 e. The van der Waals surface area contributed by atoms with Crippen molar-refractivity contribution in [3.63, 3.8) is 0 Å². The lowest BCUT2D eigenvalue weighted by Crippen LogP contribution is -2.25. The van der Waals surface area contributed by atoms with Gasteiger partial charge in [-0.2, -0.15) is 12.6 Å². The fourth-order valence-corrected chi connectivity index (χ4v) is 1.64. The molecule has 0 fully saturated rings. The van der Waals surface area contributed by atoms with Gasteiger partial charge in [0.1, 0.15) is 0 Å². The molecule has 0 aliphatic rings. The van der Waals surface area contributed by atoms with Gasteiger partial charge in [0.05, 0.1) is 5.75 Å². The highest BCUT2D eigenvalue weighted by Gasteiger charge is 2.02. The van der Waals surface area contributed by atoms with Crippen LogP contribution in [0.1, 0.15) is 25.7 Å². The van der Waals surface area contributed by atoms with Gasteiger partial charge in [0.25, 0.3) is 0 Å². The van der Waals surface area contributed by atoms with Crippen molar-refractivity contribution in [2.45, 2.75) is 25.7 Å². The van der Waals surface area contributed by atoms with Crippen LogP contribution in [0.25, 0.3) is 0 Å². The zero-order chi connectivity index (χ0) is 13.9. The van der Waals surface area contributed by atoms with E-state index in [1.54, 1.807) is 24.5 Å². The van der Waals surface area contributed by atoms with E-state index >= 15 is 0 Å². The molecule has 0 aliphatic carbocycles. The lowest BCUT2D eigenvalue weighted by Gasteiger charge is -2.05. The third kappa shape index (κ3) is 7.46. The van der Waals surface area contributed by atoms with E-state index in [-0.39, 0.29) is 17.6 Å². The van der Waals surface area contributed by atoms with Gasteiger partial charge in [-0.25, -0.2) is 0 Å². The second-order valence-electron chi connectivity index (χ2n) is 4.10. The van der Waals surface area contributed by atoms with E-state index in [1.807, 2.05) is 0 Å². The molecule has 19 heavy (non-hydrogen) atoms. The first kappa shape index (κ1) is 15.5. The van der Waals surface area contributed by atoms with E-state index in [1.165, 1.54) is 0 Å². The van der Waals surface area contributed by atoms with Crippen LogP contribution >= 0.6 is 12.6 Å². The molecule has 0 radical (unpaired) electrons. The molecule has 0 saturated heterocycles. The van der Waals surface area contributed by atoms with Crippen molar-refractivity contribution in [3.8, 4) is 0 Å². The number of hydrogen-bond donors (Lipinski definition) is 3. The Hall–Kier alpha value is -1.56. The Bertz CT molecular complexity index is 398. The molecule has 6 heteroatoms. The quantitative estimate of drug-likeness (QED) is 0.501. The predicted molar refractivity (Wildman–Crippen MR) is 78.2 cm³/mol. The highest BCUT2D eigenvalue weighted by molar-refractivity contribution is 7.81. The van der Waals surface area contributed by atoms with Crippen LogP contribution in [0.3, 0.4) is 0 Å². The SMILES string of the molecule is O=C(CS)NCCCCCC(=O)Nc1ccncc1. The summed E-state index contributed by atoms with van der Waals surface area (Å²) in [7, 11) is 0. The summed E-state index contributed by atoms with van der Waals surface area (Å²) in [6, 6.07) is 3.51. The molecule has 0 bridgehead atoms.